The number of benzene rings is 2. The van der Waals surface area contributed by atoms with Crippen LogP contribution in [0.5, 0.6) is 0 Å². The highest BCUT2D eigenvalue weighted by Crippen LogP contribution is 2.23. The number of carboxylic acids is 1. The SMILES string of the molecule is CC(=CCC1=NC(C(N)=O)CO1)Cc1c(CCC(=O)O)cccc1CCc1ccc(Cl)cc1. The van der Waals surface area contributed by atoms with Gasteiger partial charge < -0.3 is 15.6 Å². The molecule has 2 aromatic rings. The number of carbonyl (C=O) groups is 2. The Kier molecular flexibility index (Phi) is 8.66. The van der Waals surface area contributed by atoms with Crippen LogP contribution in [0.1, 0.15) is 42.0 Å². The van der Waals surface area contributed by atoms with Gasteiger partial charge in [0, 0.05) is 17.9 Å². The number of aliphatic imine (C=N–C) groups is 1. The van der Waals surface area contributed by atoms with Crippen LogP contribution < -0.4 is 5.73 Å². The summed E-state index contributed by atoms with van der Waals surface area (Å²) in [4.78, 5) is 26.7. The molecule has 1 atom stereocenters. The molecule has 174 valence electrons. The third-order valence-corrected chi connectivity index (χ3v) is 5.94. The molecule has 1 unspecified atom stereocenters. The van der Waals surface area contributed by atoms with Crippen LogP contribution in [0.3, 0.4) is 0 Å². The highest BCUT2D eigenvalue weighted by atomic mass is 35.5. The van der Waals surface area contributed by atoms with E-state index in [1.807, 2.05) is 49.4 Å². The van der Waals surface area contributed by atoms with Crippen molar-refractivity contribution in [1.29, 1.82) is 0 Å². The van der Waals surface area contributed by atoms with Crippen LogP contribution in [0, 0.1) is 0 Å². The van der Waals surface area contributed by atoms with Gasteiger partial charge in [0.25, 0.3) is 0 Å². The molecule has 0 spiro atoms. The molecule has 7 heteroatoms. The zero-order valence-electron chi connectivity index (χ0n) is 18.7. The van der Waals surface area contributed by atoms with Crippen LogP contribution >= 0.6 is 11.6 Å². The zero-order valence-corrected chi connectivity index (χ0v) is 19.5. The Labute approximate surface area is 199 Å². The van der Waals surface area contributed by atoms with Crippen molar-refractivity contribution in [3.63, 3.8) is 0 Å². The number of nitrogens with two attached hydrogens (primary N) is 1. The number of carboxylic acid groups (broad SMARTS) is 1. The van der Waals surface area contributed by atoms with Gasteiger partial charge >= 0.3 is 5.97 Å². The lowest BCUT2D eigenvalue weighted by molar-refractivity contribution is -0.137. The summed E-state index contributed by atoms with van der Waals surface area (Å²) in [5, 5.41) is 9.89. The molecule has 1 aliphatic rings. The van der Waals surface area contributed by atoms with E-state index in [0.717, 1.165) is 24.0 Å². The van der Waals surface area contributed by atoms with Crippen LogP contribution in [0.15, 0.2) is 59.1 Å². The van der Waals surface area contributed by atoms with Gasteiger partial charge in [0.15, 0.2) is 11.9 Å². The molecule has 6 nitrogen and oxygen atoms in total. The third-order valence-electron chi connectivity index (χ3n) is 5.69. The third kappa shape index (κ3) is 7.46. The Morgan fingerprint density at radius 3 is 2.48 bits per heavy atom. The van der Waals surface area contributed by atoms with Gasteiger partial charge in [0.05, 0.1) is 0 Å². The minimum atomic E-state index is -0.805. The molecule has 33 heavy (non-hydrogen) atoms. The van der Waals surface area contributed by atoms with E-state index in [4.69, 9.17) is 22.1 Å². The van der Waals surface area contributed by atoms with Gasteiger partial charge in [0.1, 0.15) is 6.61 Å². The number of ether oxygens (including phenoxy) is 1. The van der Waals surface area contributed by atoms with Crippen molar-refractivity contribution in [2.24, 2.45) is 10.7 Å². The van der Waals surface area contributed by atoms with Crippen LogP contribution in [-0.2, 0) is 40.0 Å². The monoisotopic (exact) mass is 468 g/mol. The van der Waals surface area contributed by atoms with E-state index in [0.29, 0.717) is 30.2 Å². The van der Waals surface area contributed by atoms with Crippen molar-refractivity contribution in [2.45, 2.75) is 51.5 Å². The molecule has 1 aliphatic heterocycles. The van der Waals surface area contributed by atoms with E-state index >= 15 is 0 Å². The number of nitrogens with zero attached hydrogens (tertiary/aromatic N) is 1. The molecular weight excluding hydrogens is 440 g/mol. The number of rotatable bonds is 11. The van der Waals surface area contributed by atoms with Crippen molar-refractivity contribution in [3.05, 3.63) is 81.4 Å². The first-order valence-electron chi connectivity index (χ1n) is 11.0. The van der Waals surface area contributed by atoms with E-state index in [2.05, 4.69) is 11.1 Å². The Balaban J connectivity index is 1.76. The lowest BCUT2D eigenvalue weighted by Gasteiger charge is -2.16. The van der Waals surface area contributed by atoms with Gasteiger partial charge in [-0.15, -0.1) is 0 Å². The molecule has 2 aromatic carbocycles. The van der Waals surface area contributed by atoms with Gasteiger partial charge in [-0.2, -0.15) is 0 Å². The standard InChI is InChI=1S/C26H29ClN2O4/c1-17(5-13-24-29-23(16-33-24)26(28)32)15-22-19(3-2-4-20(22)10-14-25(30)31)9-6-18-7-11-21(27)12-8-18/h2-5,7-8,11-12,23H,6,9-10,13-16H2,1H3,(H2,28,32)(H,30,31). The number of hydrogen-bond acceptors (Lipinski definition) is 4. The minimum Gasteiger partial charge on any atom is -0.481 e. The number of primary amides is 1. The quantitative estimate of drug-likeness (QED) is 0.480. The summed E-state index contributed by atoms with van der Waals surface area (Å²) < 4.78 is 5.47. The number of hydrogen-bond donors (Lipinski definition) is 2. The number of aliphatic carboxylic acids is 1. The minimum absolute atomic E-state index is 0.0928. The Hall–Kier alpha value is -3.12. The topological polar surface area (TPSA) is 102 Å². The fourth-order valence-corrected chi connectivity index (χ4v) is 3.97. The maximum Gasteiger partial charge on any atom is 0.303 e. The summed E-state index contributed by atoms with van der Waals surface area (Å²) in [6, 6.07) is 13.4. The Morgan fingerprint density at radius 2 is 1.85 bits per heavy atom. The summed E-state index contributed by atoms with van der Waals surface area (Å²) >= 11 is 6.00. The molecule has 3 rings (SSSR count). The molecule has 0 saturated carbocycles. The van der Waals surface area contributed by atoms with Gasteiger partial charge in [-0.05, 0) is 67.0 Å². The van der Waals surface area contributed by atoms with Gasteiger partial charge in [-0.3, -0.25) is 9.59 Å². The molecule has 0 bridgehead atoms. The zero-order chi connectivity index (χ0) is 23.8. The molecular formula is C26H29ClN2O4. The summed E-state index contributed by atoms with van der Waals surface area (Å²) in [5.74, 6) is -0.774. The normalized spacial score (nSPS) is 15.8. The highest BCUT2D eigenvalue weighted by molar-refractivity contribution is 6.30. The van der Waals surface area contributed by atoms with Crippen LogP contribution in [0.2, 0.25) is 5.02 Å². The molecule has 0 aliphatic carbocycles. The van der Waals surface area contributed by atoms with Gasteiger partial charge in [-0.25, -0.2) is 4.99 Å². The largest absolute Gasteiger partial charge is 0.481 e. The second-order valence-electron chi connectivity index (χ2n) is 8.26. The predicted octanol–water partition coefficient (Wildman–Crippen LogP) is 4.30. The van der Waals surface area contributed by atoms with Crippen molar-refractivity contribution < 1.29 is 19.4 Å². The van der Waals surface area contributed by atoms with E-state index in [1.165, 1.54) is 16.7 Å². The lowest BCUT2D eigenvalue weighted by Crippen LogP contribution is -2.27. The van der Waals surface area contributed by atoms with Crippen LogP contribution in [-0.4, -0.2) is 35.5 Å². The average Bonchev–Trinajstić information content (AvgIpc) is 3.26. The maximum atomic E-state index is 11.3. The van der Waals surface area contributed by atoms with Gasteiger partial charge in [-0.1, -0.05) is 53.6 Å². The molecule has 1 heterocycles. The number of carbonyl (C=O) groups excluding carboxylic acids is 1. The predicted molar refractivity (Wildman–Crippen MR) is 130 cm³/mol. The van der Waals surface area contributed by atoms with Crippen molar-refractivity contribution in [3.8, 4) is 0 Å². The smallest absolute Gasteiger partial charge is 0.303 e. The first-order valence-corrected chi connectivity index (χ1v) is 11.4. The van der Waals surface area contributed by atoms with Gasteiger partial charge in [0.2, 0.25) is 5.91 Å². The van der Waals surface area contributed by atoms with Crippen molar-refractivity contribution in [1.82, 2.24) is 0 Å². The highest BCUT2D eigenvalue weighted by Gasteiger charge is 2.22. The van der Waals surface area contributed by atoms with Crippen LogP contribution in [0.25, 0.3) is 0 Å². The summed E-state index contributed by atoms with van der Waals surface area (Å²) in [6.45, 7) is 2.24. The van der Waals surface area contributed by atoms with Crippen molar-refractivity contribution >= 4 is 29.4 Å². The molecule has 1 amide bonds. The molecule has 3 N–H and O–H groups in total. The summed E-state index contributed by atoms with van der Waals surface area (Å²) in [5.41, 5.74) is 11.1. The lowest BCUT2D eigenvalue weighted by atomic mass is 9.90. The molecule has 0 saturated heterocycles. The van der Waals surface area contributed by atoms with E-state index in [9.17, 15) is 14.7 Å². The Bertz CT molecular complexity index is 1060. The Morgan fingerprint density at radius 1 is 1.15 bits per heavy atom. The summed E-state index contributed by atoms with van der Waals surface area (Å²) in [6.07, 6.45) is 5.54. The second kappa shape index (κ2) is 11.7. The maximum absolute atomic E-state index is 11.3. The fourth-order valence-electron chi connectivity index (χ4n) is 3.85. The van der Waals surface area contributed by atoms with Crippen LogP contribution in [0.4, 0.5) is 0 Å². The average molecular weight is 469 g/mol. The van der Waals surface area contributed by atoms with Crippen molar-refractivity contribution in [2.75, 3.05) is 6.61 Å². The molecule has 0 aromatic heterocycles. The van der Waals surface area contributed by atoms with E-state index < -0.39 is 17.9 Å². The first kappa shape index (κ1) is 24.5. The first-order chi connectivity index (χ1) is 15.8. The summed E-state index contributed by atoms with van der Waals surface area (Å²) in [7, 11) is 0. The second-order valence-corrected chi connectivity index (χ2v) is 8.69. The number of halogens is 1. The number of allylic oxidation sites excluding steroid dienone is 1. The number of aryl methyl sites for hydroxylation is 3. The number of amides is 1. The molecule has 0 radical (unpaired) electrons. The fraction of sp³-hybridized carbons (Fsp3) is 0.346. The molecule has 0 fully saturated rings. The van der Waals surface area contributed by atoms with E-state index in [1.54, 1.807) is 0 Å². The van der Waals surface area contributed by atoms with E-state index in [-0.39, 0.29) is 13.0 Å².